The molecule has 0 spiro atoms. The van der Waals surface area contributed by atoms with Crippen molar-refractivity contribution in [2.24, 2.45) is 5.92 Å². The molecule has 0 radical (unpaired) electrons. The van der Waals surface area contributed by atoms with Crippen LogP contribution in [0.25, 0.3) is 0 Å². The third-order valence-electron chi connectivity index (χ3n) is 5.38. The molecular formula is C21H30F6N4O6. The largest absolute Gasteiger partial charge is 0.490 e. The molecule has 1 aromatic heterocycles. The monoisotopic (exact) mass is 548 g/mol. The molecule has 2 fully saturated rings. The Bertz CT molecular complexity index is 828. The molecule has 1 aromatic rings. The number of aliphatic carboxylic acids is 2. The van der Waals surface area contributed by atoms with E-state index in [0.717, 1.165) is 63.9 Å². The lowest BCUT2D eigenvalue weighted by Gasteiger charge is -2.37. The third-order valence-corrected chi connectivity index (χ3v) is 5.38. The molecule has 0 amide bonds. The van der Waals surface area contributed by atoms with Gasteiger partial charge in [-0.15, -0.1) is 0 Å². The van der Waals surface area contributed by atoms with Crippen molar-refractivity contribution in [1.82, 2.24) is 14.9 Å². The number of anilines is 1. The van der Waals surface area contributed by atoms with Crippen molar-refractivity contribution in [2.75, 3.05) is 58.0 Å². The van der Waals surface area contributed by atoms with E-state index in [1.807, 2.05) is 12.3 Å². The molecule has 212 valence electrons. The molecule has 2 aliphatic heterocycles. The highest BCUT2D eigenvalue weighted by atomic mass is 19.4. The molecule has 37 heavy (non-hydrogen) atoms. The minimum Gasteiger partial charge on any atom is -0.475 e. The van der Waals surface area contributed by atoms with Crippen LogP contribution < -0.4 is 4.90 Å². The number of ether oxygens (including phenoxy) is 2. The number of carbonyl (C=O) groups is 2. The van der Waals surface area contributed by atoms with Crippen molar-refractivity contribution in [3.8, 4) is 0 Å². The number of aromatic nitrogens is 2. The maximum absolute atomic E-state index is 10.6. The van der Waals surface area contributed by atoms with Gasteiger partial charge in [0.1, 0.15) is 11.6 Å². The first-order chi connectivity index (χ1) is 17.2. The first-order valence-electron chi connectivity index (χ1n) is 11.2. The van der Waals surface area contributed by atoms with Gasteiger partial charge in [-0.25, -0.2) is 19.6 Å². The van der Waals surface area contributed by atoms with Crippen LogP contribution >= 0.6 is 0 Å². The zero-order chi connectivity index (χ0) is 28.2. The van der Waals surface area contributed by atoms with E-state index in [2.05, 4.69) is 28.8 Å². The Hall–Kier alpha value is -2.72. The molecule has 1 unspecified atom stereocenters. The smallest absolute Gasteiger partial charge is 0.475 e. The standard InChI is InChI=1S/C17H28N4O2.2C2HF3O2/c1-3-20(2)16-4-7-18-17(19-16)15-13-23-11-8-21(15)12-14-5-9-22-10-6-14;2*3-2(4,5)1(6)7/h4,7,14-15H,3,5-6,8-13H2,1-2H3;2*(H,6,7). The summed E-state index contributed by atoms with van der Waals surface area (Å²) in [5, 5.41) is 14.2. The minimum absolute atomic E-state index is 0.164. The Kier molecular flexibility index (Phi) is 13.0. The zero-order valence-electron chi connectivity index (χ0n) is 20.3. The minimum atomic E-state index is -5.08. The second-order valence-electron chi connectivity index (χ2n) is 8.03. The SMILES string of the molecule is CCN(C)c1ccnc(C2COCCN2CC2CCOCC2)n1.O=C(O)C(F)(F)F.O=C(O)C(F)(F)F. The second kappa shape index (κ2) is 14.9. The van der Waals surface area contributed by atoms with Gasteiger partial charge in [0, 0.05) is 46.1 Å². The number of carboxylic acid groups (broad SMARTS) is 2. The van der Waals surface area contributed by atoms with E-state index in [4.69, 9.17) is 34.3 Å². The summed E-state index contributed by atoms with van der Waals surface area (Å²) in [6.07, 6.45) is -5.99. The van der Waals surface area contributed by atoms with E-state index < -0.39 is 24.3 Å². The Balaban J connectivity index is 0.000000404. The highest BCUT2D eigenvalue weighted by Gasteiger charge is 2.39. The molecule has 0 aromatic carbocycles. The number of rotatable bonds is 5. The fraction of sp³-hybridized carbons (Fsp3) is 0.714. The molecular weight excluding hydrogens is 518 g/mol. The van der Waals surface area contributed by atoms with Crippen LogP contribution in [0.4, 0.5) is 32.2 Å². The second-order valence-corrected chi connectivity index (χ2v) is 8.03. The van der Waals surface area contributed by atoms with Gasteiger partial charge in [0.05, 0.1) is 19.3 Å². The number of hydrogen-bond acceptors (Lipinski definition) is 8. The maximum Gasteiger partial charge on any atom is 0.490 e. The van der Waals surface area contributed by atoms with Crippen LogP contribution in [0.2, 0.25) is 0 Å². The van der Waals surface area contributed by atoms with Gasteiger partial charge in [-0.2, -0.15) is 26.3 Å². The molecule has 2 aliphatic rings. The lowest BCUT2D eigenvalue weighted by molar-refractivity contribution is -0.193. The summed E-state index contributed by atoms with van der Waals surface area (Å²) < 4.78 is 74.7. The molecule has 10 nitrogen and oxygen atoms in total. The average Bonchev–Trinajstić information content (AvgIpc) is 2.84. The Morgan fingerprint density at radius 2 is 1.59 bits per heavy atom. The fourth-order valence-corrected chi connectivity index (χ4v) is 3.25. The molecule has 1 atom stereocenters. The van der Waals surface area contributed by atoms with Crippen LogP contribution in [0.5, 0.6) is 0 Å². The lowest BCUT2D eigenvalue weighted by atomic mass is 9.98. The number of alkyl halides is 6. The van der Waals surface area contributed by atoms with Gasteiger partial charge >= 0.3 is 24.3 Å². The van der Waals surface area contributed by atoms with E-state index >= 15 is 0 Å². The van der Waals surface area contributed by atoms with E-state index in [0.29, 0.717) is 12.5 Å². The van der Waals surface area contributed by atoms with Gasteiger partial charge in [-0.3, -0.25) is 4.90 Å². The van der Waals surface area contributed by atoms with Gasteiger partial charge in [0.25, 0.3) is 0 Å². The summed E-state index contributed by atoms with van der Waals surface area (Å²) in [6, 6.07) is 2.14. The van der Waals surface area contributed by atoms with Crippen LogP contribution in [0.1, 0.15) is 31.6 Å². The highest BCUT2D eigenvalue weighted by Crippen LogP contribution is 2.26. The summed E-state index contributed by atoms with van der Waals surface area (Å²) in [4.78, 5) is 31.8. The van der Waals surface area contributed by atoms with Crippen molar-refractivity contribution in [3.05, 3.63) is 18.1 Å². The van der Waals surface area contributed by atoms with E-state index in [-0.39, 0.29) is 6.04 Å². The highest BCUT2D eigenvalue weighted by molar-refractivity contribution is 5.73. The first-order valence-corrected chi connectivity index (χ1v) is 11.2. The summed E-state index contributed by atoms with van der Waals surface area (Å²) in [7, 11) is 2.06. The molecule has 0 bridgehead atoms. The van der Waals surface area contributed by atoms with Crippen molar-refractivity contribution in [2.45, 2.75) is 38.2 Å². The van der Waals surface area contributed by atoms with Gasteiger partial charge in [-0.1, -0.05) is 0 Å². The van der Waals surface area contributed by atoms with E-state index in [9.17, 15) is 26.3 Å². The summed E-state index contributed by atoms with van der Waals surface area (Å²) in [6.45, 7) is 8.39. The first kappa shape index (κ1) is 32.3. The Labute approximate surface area is 209 Å². The van der Waals surface area contributed by atoms with Gasteiger partial charge in [0.15, 0.2) is 0 Å². The van der Waals surface area contributed by atoms with Crippen molar-refractivity contribution in [1.29, 1.82) is 0 Å². The van der Waals surface area contributed by atoms with Crippen LogP contribution in [0.3, 0.4) is 0 Å². The van der Waals surface area contributed by atoms with Gasteiger partial charge in [-0.05, 0) is 31.7 Å². The zero-order valence-corrected chi connectivity index (χ0v) is 20.3. The van der Waals surface area contributed by atoms with Crippen LogP contribution in [0.15, 0.2) is 12.3 Å². The molecule has 2 N–H and O–H groups in total. The van der Waals surface area contributed by atoms with E-state index in [1.165, 1.54) is 0 Å². The van der Waals surface area contributed by atoms with Crippen LogP contribution in [-0.4, -0.2) is 102 Å². The normalized spacial score (nSPS) is 19.1. The number of halogens is 6. The number of morpholine rings is 1. The third kappa shape index (κ3) is 11.9. The van der Waals surface area contributed by atoms with Crippen LogP contribution in [0, 0.1) is 5.92 Å². The predicted molar refractivity (Wildman–Crippen MR) is 117 cm³/mol. The summed E-state index contributed by atoms with van der Waals surface area (Å²) in [5.74, 6) is -2.94. The van der Waals surface area contributed by atoms with Crippen LogP contribution in [-0.2, 0) is 19.1 Å². The van der Waals surface area contributed by atoms with Gasteiger partial charge < -0.3 is 24.6 Å². The molecule has 0 saturated carbocycles. The van der Waals surface area contributed by atoms with Crippen molar-refractivity contribution < 1.29 is 55.6 Å². The molecule has 16 heteroatoms. The quantitative estimate of drug-likeness (QED) is 0.531. The molecule has 3 heterocycles. The topological polar surface area (TPSA) is 125 Å². The molecule has 0 aliphatic carbocycles. The fourth-order valence-electron chi connectivity index (χ4n) is 3.25. The van der Waals surface area contributed by atoms with Crippen molar-refractivity contribution in [3.63, 3.8) is 0 Å². The number of nitrogens with zero attached hydrogens (tertiary/aromatic N) is 4. The average molecular weight is 548 g/mol. The Morgan fingerprint density at radius 3 is 2.08 bits per heavy atom. The Morgan fingerprint density at radius 1 is 1.05 bits per heavy atom. The predicted octanol–water partition coefficient (Wildman–Crippen LogP) is 3.00. The van der Waals surface area contributed by atoms with E-state index in [1.54, 1.807) is 0 Å². The molecule has 2 saturated heterocycles. The summed E-state index contributed by atoms with van der Waals surface area (Å²) in [5.41, 5.74) is 0. The maximum atomic E-state index is 10.6. The number of hydrogen-bond donors (Lipinski definition) is 2. The molecule has 3 rings (SSSR count). The lowest BCUT2D eigenvalue weighted by Crippen LogP contribution is -2.43. The number of carboxylic acids is 2. The summed E-state index contributed by atoms with van der Waals surface area (Å²) >= 11 is 0. The van der Waals surface area contributed by atoms with Crippen molar-refractivity contribution >= 4 is 17.8 Å². The van der Waals surface area contributed by atoms with Gasteiger partial charge in [0.2, 0.25) is 0 Å².